The van der Waals surface area contributed by atoms with Gasteiger partial charge in [0.05, 0.1) is 13.7 Å². The van der Waals surface area contributed by atoms with Gasteiger partial charge >= 0.3 is 0 Å². The summed E-state index contributed by atoms with van der Waals surface area (Å²) >= 11 is 3.38. The first-order valence-corrected chi connectivity index (χ1v) is 5.55. The molecule has 0 unspecified atom stereocenters. The summed E-state index contributed by atoms with van der Waals surface area (Å²) < 4.78 is 5.81. The second-order valence-electron chi connectivity index (χ2n) is 3.14. The highest BCUT2D eigenvalue weighted by Crippen LogP contribution is 2.38. The maximum Gasteiger partial charge on any atom is 0.235 e. The number of aryl methyl sites for hydroxylation is 1. The number of nitrogens with zero attached hydrogens (tertiary/aromatic N) is 1. The molecule has 86 valence electrons. The molecule has 0 saturated carbocycles. The molecule has 1 N–H and O–H groups in total. The first kappa shape index (κ1) is 12.7. The molecule has 0 heterocycles. The summed E-state index contributed by atoms with van der Waals surface area (Å²) in [6, 6.07) is 1.76. The number of phenolic OH excluding ortho intramolecular Hbond substituents is 1. The van der Waals surface area contributed by atoms with Gasteiger partial charge in [-0.15, -0.1) is 0 Å². The first-order chi connectivity index (χ1) is 7.65. The van der Waals surface area contributed by atoms with Crippen molar-refractivity contribution in [2.45, 2.75) is 19.9 Å². The third-order valence-electron chi connectivity index (χ3n) is 2.27. The zero-order valence-corrected chi connectivity index (χ0v) is 10.7. The molecule has 0 bridgehead atoms. The Labute approximate surface area is 102 Å². The van der Waals surface area contributed by atoms with Crippen LogP contribution in [0, 0.1) is 0 Å². The Morgan fingerprint density at radius 3 is 2.81 bits per heavy atom. The van der Waals surface area contributed by atoms with Gasteiger partial charge in [-0.1, -0.05) is 22.9 Å². The topological polar surface area (TPSA) is 58.9 Å². The van der Waals surface area contributed by atoms with E-state index in [1.165, 1.54) is 13.2 Å². The van der Waals surface area contributed by atoms with Gasteiger partial charge in [0, 0.05) is 10.0 Å². The number of carbonyl (C=O) groups excluding carboxylic acids is 1. The third kappa shape index (κ3) is 2.43. The fourth-order valence-corrected chi connectivity index (χ4v) is 2.11. The van der Waals surface area contributed by atoms with E-state index in [-0.39, 0.29) is 12.3 Å². The summed E-state index contributed by atoms with van der Waals surface area (Å²) in [5, 5.41) is 9.87. The van der Waals surface area contributed by atoms with Crippen molar-refractivity contribution >= 4 is 22.0 Å². The average molecular weight is 286 g/mol. The summed E-state index contributed by atoms with van der Waals surface area (Å²) in [6.45, 7) is 2.07. The van der Waals surface area contributed by atoms with Crippen LogP contribution in [0.25, 0.3) is 0 Å². The van der Waals surface area contributed by atoms with Gasteiger partial charge in [0.2, 0.25) is 6.08 Å². The van der Waals surface area contributed by atoms with Crippen molar-refractivity contribution in [3.63, 3.8) is 0 Å². The molecule has 1 rings (SSSR count). The second-order valence-corrected chi connectivity index (χ2v) is 3.93. The molecule has 0 aliphatic heterocycles. The minimum absolute atomic E-state index is 0.00516. The van der Waals surface area contributed by atoms with Crippen LogP contribution in [0.5, 0.6) is 11.5 Å². The van der Waals surface area contributed by atoms with Gasteiger partial charge in [-0.05, 0) is 18.1 Å². The van der Waals surface area contributed by atoms with E-state index < -0.39 is 0 Å². The number of aliphatic imine (C=N–C) groups is 1. The molecule has 1 aromatic rings. The highest BCUT2D eigenvalue weighted by molar-refractivity contribution is 9.10. The number of methoxy groups -OCH3 is 1. The molecule has 0 aliphatic carbocycles. The Bertz CT molecular complexity index is 411. The maximum absolute atomic E-state index is 10.1. The lowest BCUT2D eigenvalue weighted by Gasteiger charge is -2.12. The normalized spacial score (nSPS) is 9.69. The minimum atomic E-state index is 0.00516. The molecule has 1 aromatic carbocycles. The lowest BCUT2D eigenvalue weighted by Crippen LogP contribution is -1.95. The van der Waals surface area contributed by atoms with E-state index >= 15 is 0 Å². The van der Waals surface area contributed by atoms with Crippen molar-refractivity contribution in [1.82, 2.24) is 0 Å². The van der Waals surface area contributed by atoms with Gasteiger partial charge in [0.15, 0.2) is 11.5 Å². The van der Waals surface area contributed by atoms with Crippen molar-refractivity contribution in [2.75, 3.05) is 7.11 Å². The summed E-state index contributed by atoms with van der Waals surface area (Å²) in [6.07, 6.45) is 2.23. The summed E-state index contributed by atoms with van der Waals surface area (Å²) in [5.41, 5.74) is 1.53. The number of aromatic hydroxyl groups is 1. The molecule has 0 amide bonds. The van der Waals surface area contributed by atoms with Crippen LogP contribution in [0.4, 0.5) is 0 Å². The Balaban J connectivity index is 3.36. The molecule has 5 heteroatoms. The summed E-state index contributed by atoms with van der Waals surface area (Å²) in [4.78, 5) is 13.6. The molecule has 0 atom stereocenters. The zero-order valence-electron chi connectivity index (χ0n) is 9.08. The van der Waals surface area contributed by atoms with E-state index in [4.69, 9.17) is 4.74 Å². The highest BCUT2D eigenvalue weighted by atomic mass is 79.9. The zero-order chi connectivity index (χ0) is 12.1. The second kappa shape index (κ2) is 5.68. The van der Waals surface area contributed by atoms with Crippen molar-refractivity contribution in [3.05, 3.63) is 21.7 Å². The van der Waals surface area contributed by atoms with Gasteiger partial charge in [0.1, 0.15) is 0 Å². The van der Waals surface area contributed by atoms with Crippen molar-refractivity contribution < 1.29 is 14.6 Å². The van der Waals surface area contributed by atoms with Crippen molar-refractivity contribution in [3.8, 4) is 11.5 Å². The van der Waals surface area contributed by atoms with Crippen LogP contribution in [0.15, 0.2) is 15.5 Å². The van der Waals surface area contributed by atoms with Crippen LogP contribution in [0.1, 0.15) is 18.1 Å². The van der Waals surface area contributed by atoms with Gasteiger partial charge < -0.3 is 9.84 Å². The Kier molecular flexibility index (Phi) is 4.52. The molecule has 0 saturated heterocycles. The first-order valence-electron chi connectivity index (χ1n) is 4.76. The number of hydrogen-bond acceptors (Lipinski definition) is 4. The van der Waals surface area contributed by atoms with Crippen LogP contribution in [-0.2, 0) is 17.8 Å². The molecule has 0 radical (unpaired) electrons. The van der Waals surface area contributed by atoms with Crippen LogP contribution in [-0.4, -0.2) is 18.3 Å². The number of hydrogen-bond donors (Lipinski definition) is 1. The van der Waals surface area contributed by atoms with E-state index in [0.717, 1.165) is 16.5 Å². The van der Waals surface area contributed by atoms with E-state index in [1.54, 1.807) is 6.07 Å². The van der Waals surface area contributed by atoms with Gasteiger partial charge in [-0.2, -0.15) is 0 Å². The van der Waals surface area contributed by atoms with Crippen LogP contribution >= 0.6 is 15.9 Å². The Hall–Kier alpha value is -1.32. The molecule has 0 spiro atoms. The fraction of sp³-hybridized carbons (Fsp3) is 0.364. The number of isocyanates is 1. The van der Waals surface area contributed by atoms with Gasteiger partial charge in [0.25, 0.3) is 0 Å². The highest BCUT2D eigenvalue weighted by Gasteiger charge is 2.15. The molecule has 16 heavy (non-hydrogen) atoms. The van der Waals surface area contributed by atoms with E-state index in [1.807, 2.05) is 6.92 Å². The summed E-state index contributed by atoms with van der Waals surface area (Å²) in [7, 11) is 1.48. The minimum Gasteiger partial charge on any atom is -0.504 e. The summed E-state index contributed by atoms with van der Waals surface area (Å²) in [5.74, 6) is 0.390. The fourth-order valence-electron chi connectivity index (χ4n) is 1.40. The lowest BCUT2D eigenvalue weighted by atomic mass is 10.1. The van der Waals surface area contributed by atoms with Crippen molar-refractivity contribution in [2.24, 2.45) is 4.99 Å². The number of benzene rings is 1. The molecule has 0 aromatic heterocycles. The SMILES string of the molecule is CCc1cc(OC)c(O)c(CN=C=O)c1Br. The smallest absolute Gasteiger partial charge is 0.235 e. The molecule has 0 fully saturated rings. The van der Waals surface area contributed by atoms with Crippen LogP contribution in [0.2, 0.25) is 0 Å². The quantitative estimate of drug-likeness (QED) is 0.683. The Morgan fingerprint density at radius 2 is 2.31 bits per heavy atom. The van der Waals surface area contributed by atoms with Crippen LogP contribution < -0.4 is 4.74 Å². The maximum atomic E-state index is 10.1. The molecule has 0 aliphatic rings. The predicted octanol–water partition coefficient (Wildman–Crippen LogP) is 2.56. The van der Waals surface area contributed by atoms with Crippen LogP contribution in [0.3, 0.4) is 0 Å². The molecule has 4 nitrogen and oxygen atoms in total. The standard InChI is InChI=1S/C11H12BrNO3/c1-3-7-4-9(16-2)11(15)8(10(7)12)5-13-6-14/h4,15H,3,5H2,1-2H3. The molecular formula is C11H12BrNO3. The number of ether oxygens (including phenoxy) is 1. The van der Waals surface area contributed by atoms with Gasteiger partial charge in [-0.25, -0.2) is 9.79 Å². The molecular weight excluding hydrogens is 274 g/mol. The monoisotopic (exact) mass is 285 g/mol. The van der Waals surface area contributed by atoms with E-state index in [2.05, 4.69) is 20.9 Å². The predicted molar refractivity (Wildman–Crippen MR) is 63.6 cm³/mol. The van der Waals surface area contributed by atoms with E-state index in [0.29, 0.717) is 11.3 Å². The van der Waals surface area contributed by atoms with E-state index in [9.17, 15) is 9.90 Å². The number of rotatable bonds is 4. The number of phenols is 1. The number of halogens is 1. The van der Waals surface area contributed by atoms with Gasteiger partial charge in [-0.3, -0.25) is 0 Å². The largest absolute Gasteiger partial charge is 0.504 e. The average Bonchev–Trinajstić information content (AvgIpc) is 2.29. The van der Waals surface area contributed by atoms with Crippen molar-refractivity contribution in [1.29, 1.82) is 0 Å². The lowest BCUT2D eigenvalue weighted by molar-refractivity contribution is 0.370. The third-order valence-corrected chi connectivity index (χ3v) is 3.26. The Morgan fingerprint density at radius 1 is 1.62 bits per heavy atom.